The molecule has 1 saturated heterocycles. The molecule has 25 heavy (non-hydrogen) atoms. The van der Waals surface area contributed by atoms with Gasteiger partial charge in [0.25, 0.3) is 5.91 Å². The second-order valence-corrected chi connectivity index (χ2v) is 6.45. The van der Waals surface area contributed by atoms with Gasteiger partial charge in [0.15, 0.2) is 6.61 Å². The van der Waals surface area contributed by atoms with Crippen molar-refractivity contribution in [1.82, 2.24) is 4.90 Å². The summed E-state index contributed by atoms with van der Waals surface area (Å²) in [4.78, 5) is 14.6. The molecule has 0 saturated carbocycles. The standard InChI is InChI=1S/C22H21NO2/c24-22(23-14-6-11-21(23)18-8-2-1-3-9-18)16-25-20-13-12-17-7-4-5-10-19(17)15-20/h1-5,7-10,12-13,15,21H,6,11,14,16H2. The van der Waals surface area contributed by atoms with Crippen LogP contribution < -0.4 is 4.74 Å². The Morgan fingerprint density at radius 1 is 0.960 bits per heavy atom. The van der Waals surface area contributed by atoms with Gasteiger partial charge in [-0.25, -0.2) is 0 Å². The van der Waals surface area contributed by atoms with Gasteiger partial charge < -0.3 is 9.64 Å². The van der Waals surface area contributed by atoms with E-state index in [2.05, 4.69) is 24.3 Å². The third kappa shape index (κ3) is 3.36. The number of fused-ring (bicyclic) bond motifs is 1. The Bertz CT molecular complexity index is 875. The number of nitrogens with zero attached hydrogens (tertiary/aromatic N) is 1. The first-order chi connectivity index (χ1) is 12.3. The predicted molar refractivity (Wildman–Crippen MR) is 99.6 cm³/mol. The summed E-state index contributed by atoms with van der Waals surface area (Å²) in [5.41, 5.74) is 1.21. The lowest BCUT2D eigenvalue weighted by Gasteiger charge is -2.25. The third-order valence-electron chi connectivity index (χ3n) is 4.84. The number of carbonyl (C=O) groups excluding carboxylic acids is 1. The number of rotatable bonds is 4. The Balaban J connectivity index is 1.44. The van der Waals surface area contributed by atoms with E-state index in [4.69, 9.17) is 4.74 Å². The van der Waals surface area contributed by atoms with Crippen LogP contribution in [0.5, 0.6) is 5.75 Å². The zero-order valence-electron chi connectivity index (χ0n) is 14.1. The Morgan fingerprint density at radius 3 is 2.56 bits per heavy atom. The highest BCUT2D eigenvalue weighted by Crippen LogP contribution is 2.31. The van der Waals surface area contributed by atoms with E-state index in [-0.39, 0.29) is 18.6 Å². The summed E-state index contributed by atoms with van der Waals surface area (Å²) >= 11 is 0. The summed E-state index contributed by atoms with van der Waals surface area (Å²) in [5, 5.41) is 2.29. The highest BCUT2D eigenvalue weighted by atomic mass is 16.5. The van der Waals surface area contributed by atoms with E-state index >= 15 is 0 Å². The highest BCUT2D eigenvalue weighted by Gasteiger charge is 2.29. The van der Waals surface area contributed by atoms with E-state index in [0.717, 1.165) is 30.5 Å². The average molecular weight is 331 g/mol. The zero-order valence-corrected chi connectivity index (χ0v) is 14.1. The first-order valence-electron chi connectivity index (χ1n) is 8.77. The maximum absolute atomic E-state index is 12.7. The smallest absolute Gasteiger partial charge is 0.261 e. The van der Waals surface area contributed by atoms with E-state index in [9.17, 15) is 4.79 Å². The molecule has 1 amide bonds. The van der Waals surface area contributed by atoms with Gasteiger partial charge in [0.05, 0.1) is 6.04 Å². The molecule has 1 aliphatic rings. The minimum absolute atomic E-state index is 0.0551. The molecule has 3 aromatic carbocycles. The fourth-order valence-electron chi connectivity index (χ4n) is 3.57. The Morgan fingerprint density at radius 2 is 1.72 bits per heavy atom. The number of carbonyl (C=O) groups is 1. The van der Waals surface area contributed by atoms with Gasteiger partial charge in [-0.2, -0.15) is 0 Å². The normalized spacial score (nSPS) is 17.0. The molecule has 1 fully saturated rings. The van der Waals surface area contributed by atoms with Crippen molar-refractivity contribution in [3.63, 3.8) is 0 Å². The fourth-order valence-corrected chi connectivity index (χ4v) is 3.57. The molecular formula is C22H21NO2. The first kappa shape index (κ1) is 15.7. The molecule has 1 atom stereocenters. The van der Waals surface area contributed by atoms with Crippen LogP contribution in [-0.2, 0) is 4.79 Å². The maximum atomic E-state index is 12.7. The second-order valence-electron chi connectivity index (χ2n) is 6.45. The molecule has 3 aromatic rings. The average Bonchev–Trinajstić information content (AvgIpc) is 3.16. The minimum Gasteiger partial charge on any atom is -0.484 e. The van der Waals surface area contributed by atoms with E-state index in [1.807, 2.05) is 53.4 Å². The van der Waals surface area contributed by atoms with Crippen LogP contribution in [0, 0.1) is 0 Å². The molecule has 1 unspecified atom stereocenters. The van der Waals surface area contributed by atoms with Crippen LogP contribution in [0.25, 0.3) is 10.8 Å². The zero-order chi connectivity index (χ0) is 17.1. The summed E-state index contributed by atoms with van der Waals surface area (Å²) in [6, 6.07) is 24.5. The monoisotopic (exact) mass is 331 g/mol. The number of ether oxygens (including phenoxy) is 1. The van der Waals surface area contributed by atoms with Crippen molar-refractivity contribution < 1.29 is 9.53 Å². The number of likely N-dealkylation sites (tertiary alicyclic amines) is 1. The van der Waals surface area contributed by atoms with Crippen molar-refractivity contribution >= 4 is 16.7 Å². The van der Waals surface area contributed by atoms with Crippen molar-refractivity contribution in [2.24, 2.45) is 0 Å². The van der Waals surface area contributed by atoms with Crippen molar-refractivity contribution in [2.45, 2.75) is 18.9 Å². The lowest BCUT2D eigenvalue weighted by molar-refractivity contribution is -0.134. The van der Waals surface area contributed by atoms with Crippen molar-refractivity contribution in [2.75, 3.05) is 13.2 Å². The van der Waals surface area contributed by atoms with Crippen LogP contribution in [0.4, 0.5) is 0 Å². The molecular weight excluding hydrogens is 310 g/mol. The van der Waals surface area contributed by atoms with E-state index < -0.39 is 0 Å². The minimum atomic E-state index is 0.0551. The summed E-state index contributed by atoms with van der Waals surface area (Å²) in [6.07, 6.45) is 2.06. The molecule has 4 rings (SSSR count). The van der Waals surface area contributed by atoms with Gasteiger partial charge in [-0.05, 0) is 41.3 Å². The molecule has 0 spiro atoms. The number of amides is 1. The molecule has 126 valence electrons. The topological polar surface area (TPSA) is 29.5 Å². The van der Waals surface area contributed by atoms with Gasteiger partial charge in [0, 0.05) is 6.54 Å². The molecule has 3 heteroatoms. The van der Waals surface area contributed by atoms with Gasteiger partial charge >= 0.3 is 0 Å². The molecule has 0 aromatic heterocycles. The second kappa shape index (κ2) is 6.98. The van der Waals surface area contributed by atoms with Gasteiger partial charge in [-0.1, -0.05) is 60.7 Å². The molecule has 1 heterocycles. The van der Waals surface area contributed by atoms with E-state index in [1.165, 1.54) is 10.9 Å². The van der Waals surface area contributed by atoms with Gasteiger partial charge in [-0.3, -0.25) is 4.79 Å². The van der Waals surface area contributed by atoms with Crippen LogP contribution in [0.3, 0.4) is 0 Å². The van der Waals surface area contributed by atoms with Gasteiger partial charge in [-0.15, -0.1) is 0 Å². The van der Waals surface area contributed by atoms with Crippen LogP contribution >= 0.6 is 0 Å². The van der Waals surface area contributed by atoms with Crippen LogP contribution in [0.2, 0.25) is 0 Å². The van der Waals surface area contributed by atoms with Crippen molar-refractivity contribution in [3.05, 3.63) is 78.4 Å². The maximum Gasteiger partial charge on any atom is 0.261 e. The lowest BCUT2D eigenvalue weighted by atomic mass is 10.0. The Hall–Kier alpha value is -2.81. The van der Waals surface area contributed by atoms with Crippen LogP contribution in [0.15, 0.2) is 72.8 Å². The third-order valence-corrected chi connectivity index (χ3v) is 4.84. The molecule has 0 radical (unpaired) electrons. The van der Waals surface area contributed by atoms with E-state index in [1.54, 1.807) is 0 Å². The van der Waals surface area contributed by atoms with E-state index in [0.29, 0.717) is 0 Å². The summed E-state index contributed by atoms with van der Waals surface area (Å²) in [6.45, 7) is 0.890. The van der Waals surface area contributed by atoms with Gasteiger partial charge in [0.1, 0.15) is 5.75 Å². The summed E-state index contributed by atoms with van der Waals surface area (Å²) < 4.78 is 5.78. The largest absolute Gasteiger partial charge is 0.484 e. The van der Waals surface area contributed by atoms with Crippen molar-refractivity contribution in [3.8, 4) is 5.75 Å². The SMILES string of the molecule is O=C(COc1ccc2ccccc2c1)N1CCCC1c1ccccc1. The van der Waals surface area contributed by atoms with Gasteiger partial charge in [0.2, 0.25) is 0 Å². The Kier molecular flexibility index (Phi) is 4.38. The first-order valence-corrected chi connectivity index (χ1v) is 8.77. The predicted octanol–water partition coefficient (Wildman–Crippen LogP) is 4.58. The molecule has 0 N–H and O–H groups in total. The highest BCUT2D eigenvalue weighted by molar-refractivity contribution is 5.84. The number of hydrogen-bond donors (Lipinski definition) is 0. The van der Waals surface area contributed by atoms with Crippen LogP contribution in [-0.4, -0.2) is 24.0 Å². The Labute approximate surface area is 147 Å². The molecule has 0 aliphatic carbocycles. The number of benzene rings is 3. The number of hydrogen-bond acceptors (Lipinski definition) is 2. The summed E-state index contributed by atoms with van der Waals surface area (Å²) in [5.74, 6) is 0.794. The molecule has 0 bridgehead atoms. The molecule has 1 aliphatic heterocycles. The fraction of sp³-hybridized carbons (Fsp3) is 0.227. The summed E-state index contributed by atoms with van der Waals surface area (Å²) in [7, 11) is 0. The van der Waals surface area contributed by atoms with Crippen LogP contribution in [0.1, 0.15) is 24.4 Å². The lowest BCUT2D eigenvalue weighted by Crippen LogP contribution is -2.34. The van der Waals surface area contributed by atoms with Crippen molar-refractivity contribution in [1.29, 1.82) is 0 Å². The quantitative estimate of drug-likeness (QED) is 0.700. The molecule has 3 nitrogen and oxygen atoms in total.